The average Bonchev–Trinajstić information content (AvgIpc) is 2.85. The summed E-state index contributed by atoms with van der Waals surface area (Å²) in [6, 6.07) is 10.7. The molecule has 0 aliphatic heterocycles. The fraction of sp³-hybridized carbons (Fsp3) is 0.400. The molecule has 1 aromatic carbocycles. The summed E-state index contributed by atoms with van der Waals surface area (Å²) < 4.78 is 2.28. The van der Waals surface area contributed by atoms with Crippen LogP contribution in [0.2, 0.25) is 0 Å². The van der Waals surface area contributed by atoms with Gasteiger partial charge >= 0.3 is 0 Å². The number of benzene rings is 1. The first-order valence-electron chi connectivity index (χ1n) is 6.46. The Labute approximate surface area is 117 Å². The summed E-state index contributed by atoms with van der Waals surface area (Å²) in [5.41, 5.74) is 1.38. The predicted molar refractivity (Wildman–Crippen MR) is 79.2 cm³/mol. The minimum Gasteiger partial charge on any atom is -0.334 e. The van der Waals surface area contributed by atoms with Crippen LogP contribution in [0.1, 0.15) is 30.7 Å². The standard InChI is InChI=1S/C15H19BrN2/c1-2-6-15-17-9-10-18(15)12-14(11-16)13-7-4-3-5-8-13/h3-5,7-10,14H,2,6,11-12H2,1H3. The Balaban J connectivity index is 2.13. The summed E-state index contributed by atoms with van der Waals surface area (Å²) in [7, 11) is 0. The van der Waals surface area contributed by atoms with Gasteiger partial charge in [-0.05, 0) is 12.0 Å². The Hall–Kier alpha value is -1.09. The third-order valence-electron chi connectivity index (χ3n) is 3.15. The van der Waals surface area contributed by atoms with Gasteiger partial charge in [-0.15, -0.1) is 0 Å². The van der Waals surface area contributed by atoms with Crippen LogP contribution in [0.15, 0.2) is 42.7 Å². The molecule has 0 saturated carbocycles. The molecule has 3 heteroatoms. The Morgan fingerprint density at radius 1 is 1.28 bits per heavy atom. The first-order valence-corrected chi connectivity index (χ1v) is 7.58. The van der Waals surface area contributed by atoms with Crippen molar-refractivity contribution in [2.75, 3.05) is 5.33 Å². The molecule has 1 aromatic heterocycles. The summed E-state index contributed by atoms with van der Waals surface area (Å²) in [5.74, 6) is 1.69. The normalized spacial score (nSPS) is 12.6. The molecule has 0 bridgehead atoms. The third kappa shape index (κ3) is 3.22. The van der Waals surface area contributed by atoms with Crippen LogP contribution in [0.25, 0.3) is 0 Å². The van der Waals surface area contributed by atoms with Crippen LogP contribution in [-0.2, 0) is 13.0 Å². The first-order chi connectivity index (χ1) is 8.85. The maximum atomic E-state index is 4.43. The Bertz CT molecular complexity index is 464. The SMILES string of the molecule is CCCc1nccn1CC(CBr)c1ccccc1. The number of hydrogen-bond acceptors (Lipinski definition) is 1. The zero-order chi connectivity index (χ0) is 12.8. The van der Waals surface area contributed by atoms with Gasteiger partial charge in [0.1, 0.15) is 5.82 Å². The van der Waals surface area contributed by atoms with E-state index in [-0.39, 0.29) is 0 Å². The smallest absolute Gasteiger partial charge is 0.108 e. The molecule has 2 nitrogen and oxygen atoms in total. The molecule has 1 unspecified atom stereocenters. The maximum Gasteiger partial charge on any atom is 0.108 e. The monoisotopic (exact) mass is 306 g/mol. The summed E-state index contributed by atoms with van der Waals surface area (Å²) in [4.78, 5) is 4.43. The van der Waals surface area contributed by atoms with Crippen molar-refractivity contribution in [1.82, 2.24) is 9.55 Å². The van der Waals surface area contributed by atoms with E-state index in [1.165, 1.54) is 11.4 Å². The highest BCUT2D eigenvalue weighted by atomic mass is 79.9. The molecule has 0 saturated heterocycles. The fourth-order valence-corrected chi connectivity index (χ4v) is 2.74. The molecule has 96 valence electrons. The molecule has 1 atom stereocenters. The van der Waals surface area contributed by atoms with Gasteiger partial charge in [-0.2, -0.15) is 0 Å². The molecule has 1 heterocycles. The Kier molecular flexibility index (Phi) is 5.00. The van der Waals surface area contributed by atoms with Gasteiger partial charge in [-0.1, -0.05) is 53.2 Å². The molecule has 0 fully saturated rings. The van der Waals surface area contributed by atoms with E-state index < -0.39 is 0 Å². The van der Waals surface area contributed by atoms with Gasteiger partial charge < -0.3 is 4.57 Å². The van der Waals surface area contributed by atoms with E-state index in [0.29, 0.717) is 5.92 Å². The van der Waals surface area contributed by atoms with Crippen LogP contribution in [0.5, 0.6) is 0 Å². The van der Waals surface area contributed by atoms with Crippen molar-refractivity contribution in [3.05, 3.63) is 54.1 Å². The van der Waals surface area contributed by atoms with Gasteiger partial charge in [0.25, 0.3) is 0 Å². The second-order valence-electron chi connectivity index (χ2n) is 4.51. The van der Waals surface area contributed by atoms with E-state index in [4.69, 9.17) is 0 Å². The number of hydrogen-bond donors (Lipinski definition) is 0. The number of aromatic nitrogens is 2. The maximum absolute atomic E-state index is 4.43. The first kappa shape index (κ1) is 13.3. The van der Waals surface area contributed by atoms with Gasteiger partial charge in [-0.3, -0.25) is 0 Å². The van der Waals surface area contributed by atoms with Crippen molar-refractivity contribution in [2.45, 2.75) is 32.2 Å². The molecule has 2 rings (SSSR count). The van der Waals surface area contributed by atoms with E-state index in [1.807, 2.05) is 6.20 Å². The van der Waals surface area contributed by atoms with Crippen molar-refractivity contribution < 1.29 is 0 Å². The van der Waals surface area contributed by atoms with Crippen LogP contribution in [-0.4, -0.2) is 14.9 Å². The number of nitrogens with zero attached hydrogens (tertiary/aromatic N) is 2. The van der Waals surface area contributed by atoms with Crippen molar-refractivity contribution in [3.63, 3.8) is 0 Å². The largest absolute Gasteiger partial charge is 0.334 e. The third-order valence-corrected chi connectivity index (χ3v) is 3.93. The van der Waals surface area contributed by atoms with E-state index in [2.05, 4.69) is 68.9 Å². The van der Waals surface area contributed by atoms with Crippen LogP contribution in [0, 0.1) is 0 Å². The zero-order valence-corrected chi connectivity index (χ0v) is 12.3. The lowest BCUT2D eigenvalue weighted by Gasteiger charge is -2.17. The number of aryl methyl sites for hydroxylation is 1. The van der Waals surface area contributed by atoms with Crippen molar-refractivity contribution in [3.8, 4) is 0 Å². The average molecular weight is 307 g/mol. The molecular formula is C15H19BrN2. The van der Waals surface area contributed by atoms with Gasteiger partial charge in [0.15, 0.2) is 0 Å². The number of rotatable bonds is 6. The van der Waals surface area contributed by atoms with E-state index in [1.54, 1.807) is 0 Å². The lowest BCUT2D eigenvalue weighted by molar-refractivity contribution is 0.576. The van der Waals surface area contributed by atoms with Gasteiger partial charge in [0.05, 0.1) is 0 Å². The Morgan fingerprint density at radius 3 is 2.72 bits per heavy atom. The van der Waals surface area contributed by atoms with Gasteiger partial charge in [0.2, 0.25) is 0 Å². The lowest BCUT2D eigenvalue weighted by atomic mass is 10.0. The zero-order valence-electron chi connectivity index (χ0n) is 10.7. The topological polar surface area (TPSA) is 17.8 Å². The quantitative estimate of drug-likeness (QED) is 0.737. The summed E-state index contributed by atoms with van der Waals surface area (Å²) in [6.07, 6.45) is 6.18. The molecule has 0 amide bonds. The molecule has 0 aliphatic carbocycles. The summed E-state index contributed by atoms with van der Waals surface area (Å²) in [5, 5.41) is 0.973. The van der Waals surface area contributed by atoms with Crippen LogP contribution >= 0.6 is 15.9 Å². The number of alkyl halides is 1. The van der Waals surface area contributed by atoms with E-state index >= 15 is 0 Å². The highest BCUT2D eigenvalue weighted by Crippen LogP contribution is 2.21. The van der Waals surface area contributed by atoms with Crippen molar-refractivity contribution in [2.24, 2.45) is 0 Å². The molecule has 2 aromatic rings. The molecular weight excluding hydrogens is 288 g/mol. The highest BCUT2D eigenvalue weighted by Gasteiger charge is 2.12. The van der Waals surface area contributed by atoms with Gasteiger partial charge in [-0.25, -0.2) is 4.98 Å². The molecule has 18 heavy (non-hydrogen) atoms. The minimum atomic E-state index is 0.496. The predicted octanol–water partition coefficient (Wildman–Crippen LogP) is 4.01. The fourth-order valence-electron chi connectivity index (χ4n) is 2.16. The lowest BCUT2D eigenvalue weighted by Crippen LogP contribution is -2.12. The second kappa shape index (κ2) is 6.74. The van der Waals surface area contributed by atoms with E-state index in [0.717, 1.165) is 24.7 Å². The highest BCUT2D eigenvalue weighted by molar-refractivity contribution is 9.09. The Morgan fingerprint density at radius 2 is 2.06 bits per heavy atom. The van der Waals surface area contributed by atoms with Crippen LogP contribution in [0.3, 0.4) is 0 Å². The molecule has 0 aliphatic rings. The number of halogens is 1. The van der Waals surface area contributed by atoms with Crippen LogP contribution in [0.4, 0.5) is 0 Å². The summed E-state index contributed by atoms with van der Waals surface area (Å²) >= 11 is 3.63. The minimum absolute atomic E-state index is 0.496. The molecule has 0 radical (unpaired) electrons. The number of imidazole rings is 1. The van der Waals surface area contributed by atoms with Crippen LogP contribution < -0.4 is 0 Å². The summed E-state index contributed by atoms with van der Waals surface area (Å²) in [6.45, 7) is 3.18. The van der Waals surface area contributed by atoms with Crippen molar-refractivity contribution in [1.29, 1.82) is 0 Å². The van der Waals surface area contributed by atoms with Gasteiger partial charge in [0, 0.05) is 36.6 Å². The van der Waals surface area contributed by atoms with E-state index in [9.17, 15) is 0 Å². The molecule has 0 spiro atoms. The molecule has 0 N–H and O–H groups in total. The second-order valence-corrected chi connectivity index (χ2v) is 5.16. The van der Waals surface area contributed by atoms with Crippen molar-refractivity contribution >= 4 is 15.9 Å².